The van der Waals surface area contributed by atoms with E-state index >= 15 is 0 Å². The van der Waals surface area contributed by atoms with E-state index in [-0.39, 0.29) is 0 Å². The second-order valence-electron chi connectivity index (χ2n) is 4.63. The van der Waals surface area contributed by atoms with Gasteiger partial charge in [-0.3, -0.25) is 4.90 Å². The third-order valence-corrected chi connectivity index (χ3v) is 2.56. The maximum atomic E-state index is 5.24. The minimum absolute atomic E-state index is 0.416. The molecule has 0 heterocycles. The largest absolute Gasteiger partial charge is 0.383 e. The summed E-state index contributed by atoms with van der Waals surface area (Å²) in [6.45, 7) is 8.91. The number of likely N-dealkylation sites (N-methyl/N-ethyl adjacent to an activating group) is 1. The van der Waals surface area contributed by atoms with Crippen LogP contribution in [0.5, 0.6) is 0 Å². The van der Waals surface area contributed by atoms with Gasteiger partial charge in [0.15, 0.2) is 0 Å². The molecule has 0 amide bonds. The Labute approximate surface area is 100 Å². The van der Waals surface area contributed by atoms with Gasteiger partial charge in [-0.1, -0.05) is 13.8 Å². The normalized spacial score (nSPS) is 13.7. The molecule has 0 rings (SSSR count). The summed E-state index contributed by atoms with van der Waals surface area (Å²) < 4.78 is 10.3. The van der Waals surface area contributed by atoms with Gasteiger partial charge in [-0.25, -0.2) is 0 Å². The van der Waals surface area contributed by atoms with Crippen molar-refractivity contribution in [2.45, 2.75) is 19.9 Å². The summed E-state index contributed by atoms with van der Waals surface area (Å²) in [6.07, 6.45) is 0. The number of nitrogens with zero attached hydrogens (tertiary/aromatic N) is 1. The Kier molecular flexibility index (Phi) is 9.92. The molecule has 0 bridgehead atoms. The molecule has 1 atom stereocenters. The average molecular weight is 232 g/mol. The van der Waals surface area contributed by atoms with Crippen molar-refractivity contribution in [3.63, 3.8) is 0 Å². The van der Waals surface area contributed by atoms with Crippen LogP contribution in [0.15, 0.2) is 0 Å². The van der Waals surface area contributed by atoms with E-state index in [2.05, 4.69) is 31.1 Å². The molecule has 0 saturated heterocycles. The van der Waals surface area contributed by atoms with Crippen LogP contribution in [-0.4, -0.2) is 65.1 Å². The molecule has 0 radical (unpaired) electrons. The minimum Gasteiger partial charge on any atom is -0.383 e. The van der Waals surface area contributed by atoms with E-state index in [1.54, 1.807) is 14.2 Å². The van der Waals surface area contributed by atoms with Crippen LogP contribution in [0.1, 0.15) is 13.8 Å². The van der Waals surface area contributed by atoms with Gasteiger partial charge in [0.05, 0.1) is 13.2 Å². The first-order valence-corrected chi connectivity index (χ1v) is 6.00. The minimum atomic E-state index is 0.416. The lowest BCUT2D eigenvalue weighted by Gasteiger charge is -2.27. The lowest BCUT2D eigenvalue weighted by molar-refractivity contribution is 0.0828. The lowest BCUT2D eigenvalue weighted by Crippen LogP contribution is -2.45. The number of methoxy groups -OCH3 is 2. The predicted molar refractivity (Wildman–Crippen MR) is 67.9 cm³/mol. The molecule has 4 nitrogen and oxygen atoms in total. The average Bonchev–Trinajstić information content (AvgIpc) is 2.24. The van der Waals surface area contributed by atoms with Gasteiger partial charge in [0.25, 0.3) is 0 Å². The molecule has 0 aromatic rings. The maximum absolute atomic E-state index is 5.24. The highest BCUT2D eigenvalue weighted by atomic mass is 16.5. The number of nitrogens with one attached hydrogen (secondary N) is 1. The lowest BCUT2D eigenvalue weighted by atomic mass is 10.2. The highest BCUT2D eigenvalue weighted by Crippen LogP contribution is 1.97. The zero-order valence-corrected chi connectivity index (χ0v) is 11.5. The van der Waals surface area contributed by atoms with Crippen LogP contribution >= 0.6 is 0 Å². The number of hydrogen-bond acceptors (Lipinski definition) is 4. The first kappa shape index (κ1) is 15.8. The van der Waals surface area contributed by atoms with Gasteiger partial charge in [-0.15, -0.1) is 0 Å². The highest BCUT2D eigenvalue weighted by molar-refractivity contribution is 4.71. The van der Waals surface area contributed by atoms with Crippen molar-refractivity contribution < 1.29 is 9.47 Å². The number of rotatable bonds is 10. The van der Waals surface area contributed by atoms with E-state index in [9.17, 15) is 0 Å². The van der Waals surface area contributed by atoms with Crippen molar-refractivity contribution in [1.82, 2.24) is 10.2 Å². The molecule has 0 aliphatic heterocycles. The number of ether oxygens (including phenoxy) is 2. The van der Waals surface area contributed by atoms with Gasteiger partial charge >= 0.3 is 0 Å². The van der Waals surface area contributed by atoms with Crippen molar-refractivity contribution >= 4 is 0 Å². The summed E-state index contributed by atoms with van der Waals surface area (Å²) in [7, 11) is 5.59. The summed E-state index contributed by atoms with van der Waals surface area (Å²) in [6, 6.07) is 0.416. The van der Waals surface area contributed by atoms with Crippen molar-refractivity contribution in [3.8, 4) is 0 Å². The van der Waals surface area contributed by atoms with Crippen LogP contribution < -0.4 is 5.32 Å². The van der Waals surface area contributed by atoms with Gasteiger partial charge in [0.2, 0.25) is 0 Å². The standard InChI is InChI=1S/C12H28N2O2/c1-11(2)8-13-9-12(10-16-5)14(3)6-7-15-4/h11-13H,6-10H2,1-5H3. The van der Waals surface area contributed by atoms with E-state index < -0.39 is 0 Å². The topological polar surface area (TPSA) is 33.7 Å². The molecule has 1 N–H and O–H groups in total. The van der Waals surface area contributed by atoms with E-state index in [1.807, 2.05) is 0 Å². The fraction of sp³-hybridized carbons (Fsp3) is 1.00. The van der Waals surface area contributed by atoms with Gasteiger partial charge in [-0.05, 0) is 19.5 Å². The zero-order valence-electron chi connectivity index (χ0n) is 11.5. The van der Waals surface area contributed by atoms with E-state index in [4.69, 9.17) is 9.47 Å². The van der Waals surface area contributed by atoms with Gasteiger partial charge in [0.1, 0.15) is 0 Å². The summed E-state index contributed by atoms with van der Waals surface area (Å²) in [5.74, 6) is 0.687. The van der Waals surface area contributed by atoms with Gasteiger partial charge < -0.3 is 14.8 Å². The molecular formula is C12H28N2O2. The Morgan fingerprint density at radius 3 is 2.31 bits per heavy atom. The molecule has 0 aromatic carbocycles. The first-order valence-electron chi connectivity index (χ1n) is 6.00. The Balaban J connectivity index is 3.84. The first-order chi connectivity index (χ1) is 7.61. The Hall–Kier alpha value is -0.160. The Morgan fingerprint density at radius 2 is 1.81 bits per heavy atom. The van der Waals surface area contributed by atoms with Crippen LogP contribution in [0, 0.1) is 5.92 Å². The molecule has 0 fully saturated rings. The molecular weight excluding hydrogens is 204 g/mol. The second-order valence-corrected chi connectivity index (χ2v) is 4.63. The third kappa shape index (κ3) is 8.05. The van der Waals surface area contributed by atoms with E-state index in [0.29, 0.717) is 12.0 Å². The quantitative estimate of drug-likeness (QED) is 0.605. The van der Waals surface area contributed by atoms with Crippen LogP contribution in [0.2, 0.25) is 0 Å². The zero-order chi connectivity index (χ0) is 12.4. The van der Waals surface area contributed by atoms with E-state index in [0.717, 1.165) is 32.8 Å². The molecule has 16 heavy (non-hydrogen) atoms. The molecule has 1 unspecified atom stereocenters. The summed E-state index contributed by atoms with van der Waals surface area (Å²) in [5, 5.41) is 3.46. The highest BCUT2D eigenvalue weighted by Gasteiger charge is 2.13. The third-order valence-electron chi connectivity index (χ3n) is 2.56. The molecule has 0 aromatic heterocycles. The Bertz CT molecular complexity index is 154. The molecule has 0 aliphatic rings. The van der Waals surface area contributed by atoms with Crippen LogP contribution in [-0.2, 0) is 9.47 Å². The van der Waals surface area contributed by atoms with Crippen molar-refractivity contribution in [3.05, 3.63) is 0 Å². The Morgan fingerprint density at radius 1 is 1.12 bits per heavy atom. The molecule has 4 heteroatoms. The van der Waals surface area contributed by atoms with Crippen molar-refractivity contribution in [1.29, 1.82) is 0 Å². The summed E-state index contributed by atoms with van der Waals surface area (Å²) >= 11 is 0. The SMILES string of the molecule is COCCN(C)C(CNCC(C)C)COC. The molecule has 98 valence electrons. The van der Waals surface area contributed by atoms with E-state index in [1.165, 1.54) is 0 Å². The number of hydrogen-bond donors (Lipinski definition) is 1. The maximum Gasteiger partial charge on any atom is 0.0630 e. The second kappa shape index (κ2) is 10.0. The summed E-state index contributed by atoms with van der Waals surface area (Å²) in [4.78, 5) is 2.28. The smallest absolute Gasteiger partial charge is 0.0630 e. The fourth-order valence-corrected chi connectivity index (χ4v) is 1.49. The van der Waals surface area contributed by atoms with Crippen LogP contribution in [0.3, 0.4) is 0 Å². The van der Waals surface area contributed by atoms with Crippen molar-refractivity contribution in [2.24, 2.45) is 5.92 Å². The predicted octanol–water partition coefficient (Wildman–Crippen LogP) is 0.825. The molecule has 0 spiro atoms. The monoisotopic (exact) mass is 232 g/mol. The van der Waals surface area contributed by atoms with Crippen LogP contribution in [0.25, 0.3) is 0 Å². The van der Waals surface area contributed by atoms with Crippen molar-refractivity contribution in [2.75, 3.05) is 54.1 Å². The molecule has 0 saturated carbocycles. The van der Waals surface area contributed by atoms with Gasteiger partial charge in [-0.2, -0.15) is 0 Å². The fourth-order valence-electron chi connectivity index (χ4n) is 1.49. The summed E-state index contributed by atoms with van der Waals surface area (Å²) in [5.41, 5.74) is 0. The van der Waals surface area contributed by atoms with Crippen LogP contribution in [0.4, 0.5) is 0 Å². The van der Waals surface area contributed by atoms with Gasteiger partial charge in [0, 0.05) is 33.4 Å². The molecule has 0 aliphatic carbocycles.